The summed E-state index contributed by atoms with van der Waals surface area (Å²) in [5.41, 5.74) is 10.2. The lowest BCUT2D eigenvalue weighted by molar-refractivity contribution is 1.07. The van der Waals surface area contributed by atoms with Gasteiger partial charge in [-0.1, -0.05) is 6.92 Å². The molecule has 0 atom stereocenters. The predicted molar refractivity (Wildman–Crippen MR) is 58.6 cm³/mol. The molecule has 0 nitrogen and oxygen atoms in total. The van der Waals surface area contributed by atoms with Gasteiger partial charge in [0.15, 0.2) is 0 Å². The zero-order valence-corrected chi connectivity index (χ0v) is 9.28. The third kappa shape index (κ3) is 2.02. The van der Waals surface area contributed by atoms with Gasteiger partial charge in [-0.3, -0.25) is 0 Å². The monoisotopic (exact) mass is 174 g/mol. The van der Waals surface area contributed by atoms with Crippen molar-refractivity contribution in [3.63, 3.8) is 0 Å². The highest BCUT2D eigenvalue weighted by Gasteiger charge is 2.07. The minimum absolute atomic E-state index is 1.10. The van der Waals surface area contributed by atoms with E-state index in [0.717, 1.165) is 6.42 Å². The number of hydrogen-bond acceptors (Lipinski definition) is 0. The summed E-state index contributed by atoms with van der Waals surface area (Å²) in [6, 6.07) is 0. The Hall–Kier alpha value is -1.00. The normalized spacial score (nSPS) is 17.8. The van der Waals surface area contributed by atoms with Crippen molar-refractivity contribution in [1.82, 2.24) is 0 Å². The van der Waals surface area contributed by atoms with E-state index < -0.39 is 0 Å². The van der Waals surface area contributed by atoms with E-state index in [1.54, 1.807) is 0 Å². The summed E-state index contributed by atoms with van der Waals surface area (Å²) in [6.45, 7) is 10.8. The quantitative estimate of drug-likeness (QED) is 0.523. The van der Waals surface area contributed by atoms with Crippen LogP contribution in [-0.4, -0.2) is 0 Å². The fourth-order valence-electron chi connectivity index (χ4n) is 1.89. The summed E-state index contributed by atoms with van der Waals surface area (Å²) in [4.78, 5) is 0. The van der Waals surface area contributed by atoms with Crippen LogP contribution in [0.5, 0.6) is 0 Å². The van der Waals surface area contributed by atoms with Gasteiger partial charge in [0.2, 0.25) is 0 Å². The van der Waals surface area contributed by atoms with Crippen LogP contribution in [-0.2, 0) is 0 Å². The maximum atomic E-state index is 3.40. The van der Waals surface area contributed by atoms with E-state index in [9.17, 15) is 0 Å². The maximum Gasteiger partial charge on any atom is -0.00540 e. The second-order valence-electron chi connectivity index (χ2n) is 3.72. The molecule has 0 amide bonds. The Morgan fingerprint density at radius 3 is 2.31 bits per heavy atom. The Kier molecular flexibility index (Phi) is 2.95. The standard InChI is InChI=1S/C13H18/c1-6-13-11(4)8-9(2)7-10(3)12(13)5/h7H,6H2,1-5H3. The van der Waals surface area contributed by atoms with Gasteiger partial charge in [-0.2, -0.15) is 0 Å². The minimum atomic E-state index is 1.10. The van der Waals surface area contributed by atoms with Crippen LogP contribution < -0.4 is 0 Å². The number of allylic oxidation sites excluding steroid dienone is 5. The lowest BCUT2D eigenvalue weighted by Gasteiger charge is -2.08. The molecule has 0 aromatic carbocycles. The molecule has 0 aromatic rings. The smallest absolute Gasteiger partial charge is 0.00540 e. The average molecular weight is 174 g/mol. The van der Waals surface area contributed by atoms with Gasteiger partial charge in [0, 0.05) is 0 Å². The van der Waals surface area contributed by atoms with Gasteiger partial charge in [-0.15, -0.1) is 5.73 Å². The van der Waals surface area contributed by atoms with Gasteiger partial charge in [-0.25, -0.2) is 0 Å². The molecule has 0 radical (unpaired) electrons. The van der Waals surface area contributed by atoms with E-state index >= 15 is 0 Å². The van der Waals surface area contributed by atoms with Crippen molar-refractivity contribution in [3.05, 3.63) is 39.7 Å². The van der Waals surface area contributed by atoms with Crippen molar-refractivity contribution in [1.29, 1.82) is 0 Å². The molecule has 0 spiro atoms. The molecule has 0 saturated heterocycles. The zero-order valence-electron chi connectivity index (χ0n) is 9.28. The van der Waals surface area contributed by atoms with Crippen LogP contribution in [0, 0.1) is 0 Å². The Morgan fingerprint density at radius 1 is 1.15 bits per heavy atom. The summed E-state index contributed by atoms with van der Waals surface area (Å²) in [5.74, 6) is 0. The molecule has 0 saturated carbocycles. The number of hydrogen-bond donors (Lipinski definition) is 0. The Labute approximate surface area is 81.4 Å². The molecule has 1 aliphatic carbocycles. The Balaban J connectivity index is 3.36. The molecule has 0 aromatic heterocycles. The van der Waals surface area contributed by atoms with Gasteiger partial charge in [-0.05, 0) is 68.1 Å². The molecule has 13 heavy (non-hydrogen) atoms. The van der Waals surface area contributed by atoms with Gasteiger partial charge < -0.3 is 0 Å². The average Bonchev–Trinajstić information content (AvgIpc) is 2.11. The van der Waals surface area contributed by atoms with Crippen LogP contribution in [0.4, 0.5) is 0 Å². The molecule has 0 fully saturated rings. The van der Waals surface area contributed by atoms with Crippen molar-refractivity contribution in [2.45, 2.75) is 41.0 Å². The topological polar surface area (TPSA) is 0 Å². The fourth-order valence-corrected chi connectivity index (χ4v) is 1.89. The van der Waals surface area contributed by atoms with E-state index in [0.29, 0.717) is 0 Å². The maximum absolute atomic E-state index is 3.40. The van der Waals surface area contributed by atoms with Gasteiger partial charge >= 0.3 is 0 Å². The first-order chi connectivity index (χ1) is 6.06. The highest BCUT2D eigenvalue weighted by molar-refractivity contribution is 5.47. The van der Waals surface area contributed by atoms with E-state index in [4.69, 9.17) is 0 Å². The Morgan fingerprint density at radius 2 is 1.77 bits per heavy atom. The lowest BCUT2D eigenvalue weighted by Crippen LogP contribution is -1.89. The van der Waals surface area contributed by atoms with Crippen molar-refractivity contribution < 1.29 is 0 Å². The molecule has 1 rings (SSSR count). The highest BCUT2D eigenvalue weighted by atomic mass is 14.1. The molecule has 0 bridgehead atoms. The molecule has 1 aliphatic rings. The van der Waals surface area contributed by atoms with Crippen molar-refractivity contribution >= 4 is 0 Å². The van der Waals surface area contributed by atoms with E-state index in [1.807, 2.05) is 0 Å². The summed E-state index contributed by atoms with van der Waals surface area (Å²) >= 11 is 0. The minimum Gasteiger partial charge on any atom is -0.114 e. The van der Waals surface area contributed by atoms with Crippen LogP contribution in [0.2, 0.25) is 0 Å². The fraction of sp³-hybridized carbons (Fsp3) is 0.462. The number of rotatable bonds is 1. The van der Waals surface area contributed by atoms with Crippen LogP contribution in [0.15, 0.2) is 39.7 Å². The molecule has 0 heterocycles. The van der Waals surface area contributed by atoms with E-state index in [1.165, 1.54) is 27.9 Å². The molecule has 0 heteroatoms. The van der Waals surface area contributed by atoms with Crippen LogP contribution >= 0.6 is 0 Å². The van der Waals surface area contributed by atoms with Crippen molar-refractivity contribution in [3.8, 4) is 0 Å². The molecular weight excluding hydrogens is 156 g/mol. The van der Waals surface area contributed by atoms with Crippen molar-refractivity contribution in [2.75, 3.05) is 0 Å². The zero-order chi connectivity index (χ0) is 10.0. The van der Waals surface area contributed by atoms with Gasteiger partial charge in [0.25, 0.3) is 0 Å². The second-order valence-corrected chi connectivity index (χ2v) is 3.72. The van der Waals surface area contributed by atoms with E-state index in [-0.39, 0.29) is 0 Å². The molecule has 70 valence electrons. The van der Waals surface area contributed by atoms with Gasteiger partial charge in [0.1, 0.15) is 0 Å². The third-order valence-electron chi connectivity index (χ3n) is 2.67. The summed E-state index contributed by atoms with van der Waals surface area (Å²) in [5, 5.41) is 0. The van der Waals surface area contributed by atoms with Crippen LogP contribution in [0.3, 0.4) is 0 Å². The summed E-state index contributed by atoms with van der Waals surface area (Å²) in [6.07, 6.45) is 3.31. The summed E-state index contributed by atoms with van der Waals surface area (Å²) in [7, 11) is 0. The van der Waals surface area contributed by atoms with E-state index in [2.05, 4.69) is 46.4 Å². The summed E-state index contributed by atoms with van der Waals surface area (Å²) < 4.78 is 0. The lowest BCUT2D eigenvalue weighted by atomic mass is 9.97. The largest absolute Gasteiger partial charge is 0.114 e. The molecule has 0 N–H and O–H groups in total. The van der Waals surface area contributed by atoms with Crippen LogP contribution in [0.25, 0.3) is 0 Å². The van der Waals surface area contributed by atoms with Crippen molar-refractivity contribution in [2.24, 2.45) is 0 Å². The SMILES string of the molecule is CCC1=C(C)C(C)=CC(C)=C=C1C. The second kappa shape index (κ2) is 3.81. The first-order valence-electron chi connectivity index (χ1n) is 4.89. The van der Waals surface area contributed by atoms with Gasteiger partial charge in [0.05, 0.1) is 0 Å². The molecule has 0 unspecified atom stereocenters. The highest BCUT2D eigenvalue weighted by Crippen LogP contribution is 2.26. The molecule has 0 aliphatic heterocycles. The first-order valence-corrected chi connectivity index (χ1v) is 4.89. The Bertz CT molecular complexity index is 342. The third-order valence-corrected chi connectivity index (χ3v) is 2.67. The first kappa shape index (κ1) is 10.1. The molecular formula is C13H18. The predicted octanol–water partition coefficient (Wildman–Crippen LogP) is 4.16. The van der Waals surface area contributed by atoms with Crippen LogP contribution in [0.1, 0.15) is 41.0 Å².